The highest BCUT2D eigenvalue weighted by molar-refractivity contribution is 5.94. The lowest BCUT2D eigenvalue weighted by molar-refractivity contribution is -0.108. The Morgan fingerprint density at radius 2 is 2.06 bits per heavy atom. The highest BCUT2D eigenvalue weighted by Gasteiger charge is 2.08. The van der Waals surface area contributed by atoms with Gasteiger partial charge in [-0.1, -0.05) is 6.07 Å². The Bertz CT molecular complexity index is 672. The van der Waals surface area contributed by atoms with E-state index in [0.717, 1.165) is 5.39 Å². The summed E-state index contributed by atoms with van der Waals surface area (Å²) in [6.07, 6.45) is 0.644. The van der Waals surface area contributed by atoms with Gasteiger partial charge in [0, 0.05) is 6.07 Å². The third-order valence-electron chi connectivity index (χ3n) is 2.67. The van der Waals surface area contributed by atoms with Gasteiger partial charge >= 0.3 is 5.97 Å². The predicted octanol–water partition coefficient (Wildman–Crippen LogP) is 0.987. The molecule has 5 nitrogen and oxygen atoms in total. The fourth-order valence-corrected chi connectivity index (χ4v) is 1.80. The van der Waals surface area contributed by atoms with Crippen LogP contribution in [-0.2, 0) is 16.1 Å². The molecule has 5 heteroatoms. The van der Waals surface area contributed by atoms with Gasteiger partial charge in [-0.2, -0.15) is 0 Å². The van der Waals surface area contributed by atoms with Gasteiger partial charge in [-0.3, -0.25) is 4.79 Å². The van der Waals surface area contributed by atoms with E-state index in [1.807, 2.05) is 0 Å². The summed E-state index contributed by atoms with van der Waals surface area (Å²) in [5.74, 6) is -0.481. The summed E-state index contributed by atoms with van der Waals surface area (Å²) in [6.45, 7) is -0.0409. The lowest BCUT2D eigenvalue weighted by Crippen LogP contribution is -2.20. The third-order valence-corrected chi connectivity index (χ3v) is 2.67. The number of aromatic nitrogens is 1. The smallest absolute Gasteiger partial charge is 0.337 e. The number of benzene rings is 1. The second-order valence-corrected chi connectivity index (χ2v) is 3.71. The van der Waals surface area contributed by atoms with Crippen LogP contribution in [0.15, 0.2) is 35.1 Å². The first-order valence-corrected chi connectivity index (χ1v) is 5.33. The highest BCUT2D eigenvalue weighted by Crippen LogP contribution is 2.15. The number of rotatable bonds is 3. The van der Waals surface area contributed by atoms with Crippen molar-refractivity contribution < 1.29 is 14.3 Å². The van der Waals surface area contributed by atoms with Crippen molar-refractivity contribution in [2.45, 2.75) is 6.54 Å². The van der Waals surface area contributed by atoms with Gasteiger partial charge in [-0.15, -0.1) is 0 Å². The van der Waals surface area contributed by atoms with E-state index in [2.05, 4.69) is 4.74 Å². The molecule has 1 heterocycles. The fourth-order valence-electron chi connectivity index (χ4n) is 1.80. The maximum absolute atomic E-state index is 11.7. The monoisotopic (exact) mass is 245 g/mol. The molecule has 0 aliphatic heterocycles. The zero-order valence-electron chi connectivity index (χ0n) is 9.75. The molecule has 0 spiro atoms. The Kier molecular flexibility index (Phi) is 3.23. The molecule has 2 aromatic rings. The first-order chi connectivity index (χ1) is 8.67. The van der Waals surface area contributed by atoms with Crippen LogP contribution >= 0.6 is 0 Å². The molecular formula is C13H11NO4. The summed E-state index contributed by atoms with van der Waals surface area (Å²) in [4.78, 5) is 33.7. The van der Waals surface area contributed by atoms with Gasteiger partial charge in [-0.25, -0.2) is 4.79 Å². The maximum atomic E-state index is 11.7. The van der Waals surface area contributed by atoms with Crippen LogP contribution in [0.5, 0.6) is 0 Å². The van der Waals surface area contributed by atoms with Gasteiger partial charge in [0.05, 0.1) is 24.7 Å². The van der Waals surface area contributed by atoms with Crippen molar-refractivity contribution in [2.75, 3.05) is 7.11 Å². The number of hydrogen-bond acceptors (Lipinski definition) is 4. The minimum atomic E-state index is -0.481. The van der Waals surface area contributed by atoms with Gasteiger partial charge < -0.3 is 14.1 Å². The molecule has 0 fully saturated rings. The number of pyridine rings is 1. The SMILES string of the molecule is COC(=O)c1ccc2ccc(=O)n(CC=O)c2c1. The number of fused-ring (bicyclic) bond motifs is 1. The summed E-state index contributed by atoms with van der Waals surface area (Å²) in [5.41, 5.74) is 0.601. The molecule has 0 bridgehead atoms. The van der Waals surface area contributed by atoms with Crippen molar-refractivity contribution in [2.24, 2.45) is 0 Å². The Morgan fingerprint density at radius 1 is 1.33 bits per heavy atom. The topological polar surface area (TPSA) is 65.4 Å². The van der Waals surface area contributed by atoms with Crippen LogP contribution in [0.4, 0.5) is 0 Å². The number of methoxy groups -OCH3 is 1. The van der Waals surface area contributed by atoms with Crippen LogP contribution in [-0.4, -0.2) is 23.9 Å². The van der Waals surface area contributed by atoms with E-state index in [1.165, 1.54) is 17.7 Å². The predicted molar refractivity (Wildman–Crippen MR) is 65.6 cm³/mol. The number of esters is 1. The molecule has 1 aromatic heterocycles. The molecule has 0 saturated carbocycles. The Balaban J connectivity index is 2.72. The Hall–Kier alpha value is -2.43. The molecule has 1 aromatic carbocycles. The summed E-state index contributed by atoms with van der Waals surface area (Å²) in [7, 11) is 1.29. The van der Waals surface area contributed by atoms with Crippen LogP contribution in [0, 0.1) is 0 Å². The fraction of sp³-hybridized carbons (Fsp3) is 0.154. The largest absolute Gasteiger partial charge is 0.465 e. The van der Waals surface area contributed by atoms with E-state index in [0.29, 0.717) is 17.4 Å². The molecule has 0 aliphatic carbocycles. The van der Waals surface area contributed by atoms with Crippen molar-refractivity contribution in [1.82, 2.24) is 4.57 Å². The van der Waals surface area contributed by atoms with Crippen LogP contribution in [0.3, 0.4) is 0 Å². The maximum Gasteiger partial charge on any atom is 0.337 e. The minimum Gasteiger partial charge on any atom is -0.465 e. The molecular weight excluding hydrogens is 234 g/mol. The average Bonchev–Trinajstić information content (AvgIpc) is 2.40. The first kappa shape index (κ1) is 12.0. The molecule has 0 atom stereocenters. The van der Waals surface area contributed by atoms with E-state index in [9.17, 15) is 14.4 Å². The molecule has 18 heavy (non-hydrogen) atoms. The number of carbonyl (C=O) groups is 2. The summed E-state index contributed by atoms with van der Waals surface area (Å²) < 4.78 is 5.93. The summed E-state index contributed by atoms with van der Waals surface area (Å²) in [5, 5.41) is 0.782. The quantitative estimate of drug-likeness (QED) is 0.597. The molecule has 2 rings (SSSR count). The van der Waals surface area contributed by atoms with Crippen molar-refractivity contribution in [3.63, 3.8) is 0 Å². The number of ether oxygens (including phenoxy) is 1. The van der Waals surface area contributed by atoms with Crippen molar-refractivity contribution in [3.05, 3.63) is 46.2 Å². The first-order valence-electron chi connectivity index (χ1n) is 5.33. The Labute approximate surface area is 103 Å². The van der Waals surface area contributed by atoms with E-state index in [-0.39, 0.29) is 12.1 Å². The van der Waals surface area contributed by atoms with Crippen molar-refractivity contribution in [3.8, 4) is 0 Å². The van der Waals surface area contributed by atoms with E-state index in [1.54, 1.807) is 24.3 Å². The van der Waals surface area contributed by atoms with Gasteiger partial charge in [0.1, 0.15) is 6.29 Å². The molecule has 0 N–H and O–H groups in total. The van der Waals surface area contributed by atoms with Crippen molar-refractivity contribution >= 4 is 23.2 Å². The summed E-state index contributed by atoms with van der Waals surface area (Å²) >= 11 is 0. The van der Waals surface area contributed by atoms with Gasteiger partial charge in [0.2, 0.25) is 0 Å². The zero-order valence-corrected chi connectivity index (χ0v) is 9.75. The number of nitrogens with zero attached hydrogens (tertiary/aromatic N) is 1. The Morgan fingerprint density at radius 3 is 2.72 bits per heavy atom. The molecule has 92 valence electrons. The van der Waals surface area contributed by atoms with Gasteiger partial charge in [-0.05, 0) is 23.6 Å². The molecule has 0 amide bonds. The molecule has 0 unspecified atom stereocenters. The summed E-state index contributed by atoms with van der Waals surface area (Å²) in [6, 6.07) is 7.92. The molecule has 0 aliphatic rings. The average molecular weight is 245 g/mol. The van der Waals surface area contributed by atoms with Crippen LogP contribution in [0.25, 0.3) is 10.9 Å². The zero-order chi connectivity index (χ0) is 13.1. The lowest BCUT2D eigenvalue weighted by atomic mass is 10.1. The molecule has 0 saturated heterocycles. The lowest BCUT2D eigenvalue weighted by Gasteiger charge is -2.08. The standard InChI is InChI=1S/C13H11NO4/c1-18-13(17)10-3-2-9-4-5-12(16)14(6-7-15)11(9)8-10/h2-5,7-8H,6H2,1H3. The normalized spacial score (nSPS) is 10.3. The van der Waals surface area contributed by atoms with Crippen LogP contribution in [0.1, 0.15) is 10.4 Å². The van der Waals surface area contributed by atoms with Gasteiger partial charge in [0.25, 0.3) is 5.56 Å². The number of aldehydes is 1. The second-order valence-electron chi connectivity index (χ2n) is 3.71. The number of carbonyl (C=O) groups excluding carboxylic acids is 2. The van der Waals surface area contributed by atoms with E-state index in [4.69, 9.17) is 0 Å². The van der Waals surface area contributed by atoms with Crippen molar-refractivity contribution in [1.29, 1.82) is 0 Å². The van der Waals surface area contributed by atoms with E-state index >= 15 is 0 Å². The van der Waals surface area contributed by atoms with E-state index < -0.39 is 5.97 Å². The van der Waals surface area contributed by atoms with Gasteiger partial charge in [0.15, 0.2) is 0 Å². The minimum absolute atomic E-state index is 0.0409. The molecule has 0 radical (unpaired) electrons. The second kappa shape index (κ2) is 4.83. The highest BCUT2D eigenvalue weighted by atomic mass is 16.5. The number of hydrogen-bond donors (Lipinski definition) is 0. The van der Waals surface area contributed by atoms with Crippen LogP contribution in [0.2, 0.25) is 0 Å². The third kappa shape index (κ3) is 2.02. The van der Waals surface area contributed by atoms with Crippen LogP contribution < -0.4 is 5.56 Å².